The number of ether oxygens (including phenoxy) is 4. The van der Waals surface area contributed by atoms with Crippen molar-refractivity contribution in [3.63, 3.8) is 0 Å². The number of rotatable bonds is 7. The number of fused-ring (bicyclic) bond motifs is 3. The smallest absolute Gasteiger partial charge is 0.329 e. The maximum absolute atomic E-state index is 14.7. The molecule has 0 aromatic carbocycles. The van der Waals surface area contributed by atoms with Gasteiger partial charge in [-0.2, -0.15) is 0 Å². The normalized spacial score (nSPS) is 38.5. The summed E-state index contributed by atoms with van der Waals surface area (Å²) in [4.78, 5) is 73.6. The number of methoxy groups -OCH3 is 2. The number of ketones is 3. The number of carbonyl (C=O) groups excluding carboxylic acids is 5. The van der Waals surface area contributed by atoms with Gasteiger partial charge >= 0.3 is 5.97 Å². The number of allylic oxidation sites excluding steroid dienone is 6. The summed E-state index contributed by atoms with van der Waals surface area (Å²) in [5, 5.41) is 0.116. The van der Waals surface area contributed by atoms with E-state index < -0.39 is 55.7 Å². The first-order valence-electron chi connectivity index (χ1n) is 27.4. The zero-order valence-electron chi connectivity index (χ0n) is 47.3. The lowest BCUT2D eigenvalue weighted by atomic mass is 9.75. The van der Waals surface area contributed by atoms with E-state index in [9.17, 15) is 24.0 Å². The van der Waals surface area contributed by atoms with Crippen molar-refractivity contribution in [2.24, 2.45) is 47.3 Å². The van der Waals surface area contributed by atoms with Crippen LogP contribution >= 0.6 is 0 Å². The molecule has 0 aromatic heterocycles. The summed E-state index contributed by atoms with van der Waals surface area (Å²) in [5.74, 6) is -2.61. The third kappa shape index (κ3) is 16.0. The number of hydrogen-bond acceptors (Lipinski definition) is 10. The minimum Gasteiger partial charge on any atom is -0.460 e. The van der Waals surface area contributed by atoms with Crippen molar-refractivity contribution in [1.29, 1.82) is 0 Å². The predicted octanol–water partition coefficient (Wildman–Crippen LogP) is 12.2. The van der Waals surface area contributed by atoms with Gasteiger partial charge in [-0.1, -0.05) is 111 Å². The number of esters is 1. The fourth-order valence-electron chi connectivity index (χ4n) is 11.3. The molecule has 3 aliphatic heterocycles. The second-order valence-corrected chi connectivity index (χ2v) is 29.2. The Balaban J connectivity index is 1.69. The third-order valence-electron chi connectivity index (χ3n) is 17.6. The molecule has 15 atom stereocenters. The summed E-state index contributed by atoms with van der Waals surface area (Å²) >= 11 is 0. The number of hydrogen-bond donors (Lipinski definition) is 0. The summed E-state index contributed by atoms with van der Waals surface area (Å²) in [6.45, 7) is 31.6. The highest BCUT2D eigenvalue weighted by molar-refractivity contribution is 6.74. The van der Waals surface area contributed by atoms with Gasteiger partial charge < -0.3 is 28.3 Å². The molecule has 2 saturated heterocycles. The van der Waals surface area contributed by atoms with Crippen LogP contribution in [0.1, 0.15) is 167 Å². The molecule has 0 aromatic rings. The Kier molecular flexibility index (Phi) is 22.5. The standard InChI is InChI=1S/C59H97NO10Si/c1-37-23-19-18-20-24-38(2)51(66-14)35-47-28-26-44(8)59(13,69-47)55(63)56(64)60-30-22-21-25-48(60)57(65)68-52(36-49(61)40(4)32-39(3)45(9)54(67-15)53(62)43(7)31-37)42(6)34-46-27-29-50(41(5)33-46)70-71(16,17)58(10,11)12/h18-20,23-24,32,37,40-48,50-52,54H,21-22,25-31,33-36H2,1-17H3/b20-18+,23-19+,38-24+,39-32+/t37-,40-,41-,42-,43-,44-,45-,46-,47+,48+,50-,51+,52+,54-,59?/m1/s1. The topological polar surface area (TPSA) is 135 Å². The fourth-order valence-corrected chi connectivity index (χ4v) is 12.8. The fraction of sp³-hybridized carbons (Fsp3) is 0.780. The SMILES string of the molecule is CO[C@H]1C[C@@H]2CC[C@@H](C)C(C)(O2)C(=O)C(=O)N2CCCC[C@H]2C(=O)O[C@H]([C@H](C)C[C@@H]2CC[C@@H](O[Si](C)(C)C(C)(C)C)[C@H](C)C2)CC(=O)[C@H](C)/C=C(\C)[C@@H](C)[C@@H](OC)C(=O)[C@H](C)C[C@H](C)/C=C/C=C/C=C/1C. The molecule has 0 N–H and O–H groups in total. The molecule has 0 spiro atoms. The molecular weight excluding hydrogens is 911 g/mol. The van der Waals surface area contributed by atoms with E-state index in [0.29, 0.717) is 56.8 Å². The molecule has 1 unspecified atom stereocenters. The van der Waals surface area contributed by atoms with Gasteiger partial charge in [-0.15, -0.1) is 0 Å². The minimum absolute atomic E-state index is 0.00256. The Bertz CT molecular complexity index is 1950. The number of amides is 1. The van der Waals surface area contributed by atoms with Gasteiger partial charge in [0.25, 0.3) is 11.7 Å². The van der Waals surface area contributed by atoms with Crippen molar-refractivity contribution in [3.8, 4) is 0 Å². The molecule has 12 heteroatoms. The molecule has 4 aliphatic rings. The number of carbonyl (C=O) groups is 5. The molecule has 3 heterocycles. The van der Waals surface area contributed by atoms with Gasteiger partial charge in [0, 0.05) is 57.5 Å². The van der Waals surface area contributed by atoms with E-state index in [1.165, 1.54) is 4.90 Å². The van der Waals surface area contributed by atoms with Gasteiger partial charge in [0.2, 0.25) is 0 Å². The highest BCUT2D eigenvalue weighted by atomic mass is 28.4. The van der Waals surface area contributed by atoms with Crippen molar-refractivity contribution in [2.45, 2.75) is 227 Å². The lowest BCUT2D eigenvalue weighted by Gasteiger charge is -2.44. The molecule has 1 amide bonds. The zero-order valence-corrected chi connectivity index (χ0v) is 48.3. The van der Waals surface area contributed by atoms with Crippen molar-refractivity contribution < 1.29 is 47.3 Å². The van der Waals surface area contributed by atoms with Gasteiger partial charge in [0.1, 0.15) is 29.6 Å². The van der Waals surface area contributed by atoms with E-state index in [-0.39, 0.29) is 77.5 Å². The molecule has 402 valence electrons. The van der Waals surface area contributed by atoms with Crippen molar-refractivity contribution in [2.75, 3.05) is 20.8 Å². The molecule has 0 radical (unpaired) electrons. The van der Waals surface area contributed by atoms with E-state index in [1.54, 1.807) is 21.1 Å². The summed E-state index contributed by atoms with van der Waals surface area (Å²) in [6.07, 6.45) is 18.1. The number of cyclic esters (lactones) is 1. The van der Waals surface area contributed by atoms with E-state index in [4.69, 9.17) is 23.4 Å². The van der Waals surface area contributed by atoms with E-state index in [1.807, 2.05) is 71.9 Å². The maximum Gasteiger partial charge on any atom is 0.329 e. The van der Waals surface area contributed by atoms with E-state index in [0.717, 1.165) is 36.8 Å². The molecule has 71 heavy (non-hydrogen) atoms. The zero-order chi connectivity index (χ0) is 53.2. The van der Waals surface area contributed by atoms with Crippen LogP contribution < -0.4 is 0 Å². The van der Waals surface area contributed by atoms with Gasteiger partial charge in [-0.05, 0) is 138 Å². The van der Waals surface area contributed by atoms with E-state index in [2.05, 4.69) is 60.7 Å². The molecule has 3 fully saturated rings. The molecule has 1 saturated carbocycles. The molecule has 2 bridgehead atoms. The second kappa shape index (κ2) is 26.4. The monoisotopic (exact) mass is 1010 g/mol. The number of Topliss-reactive ketones (excluding diaryl/α,β-unsaturated/α-hetero) is 3. The van der Waals surface area contributed by atoms with Crippen molar-refractivity contribution >= 4 is 37.5 Å². The highest BCUT2D eigenvalue weighted by Gasteiger charge is 2.51. The summed E-state index contributed by atoms with van der Waals surface area (Å²) in [6, 6.07) is -0.967. The van der Waals surface area contributed by atoms with Crippen molar-refractivity contribution in [3.05, 3.63) is 47.6 Å². The van der Waals surface area contributed by atoms with Crippen LogP contribution in [-0.2, 0) is 47.3 Å². The number of piperidine rings is 1. The number of nitrogens with zero attached hydrogens (tertiary/aromatic N) is 1. The third-order valence-corrected chi connectivity index (χ3v) is 22.1. The summed E-state index contributed by atoms with van der Waals surface area (Å²) < 4.78 is 31.9. The van der Waals surface area contributed by atoms with Gasteiger partial charge in [-0.3, -0.25) is 19.2 Å². The van der Waals surface area contributed by atoms with Crippen LogP contribution in [-0.4, -0.2) is 105 Å². The first-order valence-corrected chi connectivity index (χ1v) is 30.3. The highest BCUT2D eigenvalue weighted by Crippen LogP contribution is 2.43. The maximum atomic E-state index is 14.7. The predicted molar refractivity (Wildman–Crippen MR) is 286 cm³/mol. The second-order valence-electron chi connectivity index (χ2n) is 24.4. The first kappa shape index (κ1) is 60.5. The average Bonchev–Trinajstić information content (AvgIpc) is 3.30. The Morgan fingerprint density at radius 3 is 2.17 bits per heavy atom. The van der Waals surface area contributed by atoms with Crippen LogP contribution in [0.25, 0.3) is 0 Å². The molecule has 11 nitrogen and oxygen atoms in total. The van der Waals surface area contributed by atoms with Crippen molar-refractivity contribution in [1.82, 2.24) is 4.90 Å². The average molecular weight is 1010 g/mol. The molecule has 4 rings (SSSR count). The molecule has 1 aliphatic carbocycles. The quantitative estimate of drug-likeness (QED) is 0.105. The van der Waals surface area contributed by atoms with E-state index >= 15 is 0 Å². The van der Waals surface area contributed by atoms with Crippen LogP contribution in [0.3, 0.4) is 0 Å². The van der Waals surface area contributed by atoms with Crippen LogP contribution in [0.15, 0.2) is 47.6 Å². The summed E-state index contributed by atoms with van der Waals surface area (Å²) in [7, 11) is 1.28. The van der Waals surface area contributed by atoms with Crippen LogP contribution in [0.2, 0.25) is 18.1 Å². The van der Waals surface area contributed by atoms with Crippen LogP contribution in [0.5, 0.6) is 0 Å². The lowest BCUT2D eigenvalue weighted by Crippen LogP contribution is -2.59. The minimum atomic E-state index is -1.96. The van der Waals surface area contributed by atoms with Crippen LogP contribution in [0.4, 0.5) is 0 Å². The Morgan fingerprint density at radius 1 is 0.845 bits per heavy atom. The van der Waals surface area contributed by atoms with Gasteiger partial charge in [-0.25, -0.2) is 4.79 Å². The Hall–Kier alpha value is -3.03. The Morgan fingerprint density at radius 2 is 1.54 bits per heavy atom. The Labute approximate surface area is 431 Å². The van der Waals surface area contributed by atoms with Gasteiger partial charge in [0.05, 0.1) is 12.2 Å². The molecular formula is C59H97NO10Si. The van der Waals surface area contributed by atoms with Gasteiger partial charge in [0.15, 0.2) is 14.1 Å². The lowest BCUT2D eigenvalue weighted by molar-refractivity contribution is -0.184. The largest absolute Gasteiger partial charge is 0.460 e. The summed E-state index contributed by atoms with van der Waals surface area (Å²) in [5.41, 5.74) is 0.477. The first-order chi connectivity index (χ1) is 33.1. The van der Waals surface area contributed by atoms with Crippen LogP contribution in [0, 0.1) is 47.3 Å².